The van der Waals surface area contributed by atoms with E-state index in [0.717, 1.165) is 18.9 Å². The second-order valence-corrected chi connectivity index (χ2v) is 8.95. The van der Waals surface area contributed by atoms with Gasteiger partial charge in [-0.25, -0.2) is 4.79 Å². The molecule has 200 valence electrons. The van der Waals surface area contributed by atoms with Gasteiger partial charge in [0.05, 0.1) is 35.1 Å². The topological polar surface area (TPSA) is 147 Å². The van der Waals surface area contributed by atoms with E-state index in [1.807, 2.05) is 6.07 Å². The Hall–Kier alpha value is -4.75. The van der Waals surface area contributed by atoms with Crippen LogP contribution >= 0.6 is 11.6 Å². The Bertz CT molecular complexity index is 1510. The van der Waals surface area contributed by atoms with E-state index in [1.54, 1.807) is 18.2 Å². The predicted molar refractivity (Wildman–Crippen MR) is 142 cm³/mol. The minimum absolute atomic E-state index is 0.00165. The normalized spacial score (nSPS) is 14.1. The molecule has 2 N–H and O–H groups in total. The number of hydrogen-bond acceptors (Lipinski definition) is 9. The molecule has 3 aromatic carbocycles. The van der Waals surface area contributed by atoms with E-state index in [9.17, 15) is 20.2 Å². The molecule has 0 saturated carbocycles. The number of nitro groups is 1. The monoisotopic (exact) mass is 549 g/mol. The number of fused-ring (bicyclic) bond motifs is 1. The number of non-ortho nitro benzene ring substituents is 1. The second-order valence-electron chi connectivity index (χ2n) is 8.55. The number of esters is 1. The lowest BCUT2D eigenvalue weighted by Gasteiger charge is -2.27. The van der Waals surface area contributed by atoms with Gasteiger partial charge >= 0.3 is 5.97 Å². The minimum atomic E-state index is -0.888. The third kappa shape index (κ3) is 5.73. The smallest absolute Gasteiger partial charge is 0.345 e. The van der Waals surface area contributed by atoms with E-state index >= 15 is 0 Å². The molecule has 1 heterocycles. The average molecular weight is 550 g/mol. The van der Waals surface area contributed by atoms with E-state index in [0.29, 0.717) is 29.2 Å². The van der Waals surface area contributed by atoms with E-state index < -0.39 is 16.8 Å². The number of carbonyl (C=O) groups is 1. The number of unbranched alkanes of at least 4 members (excludes halogenated alkanes) is 1. The predicted octanol–water partition coefficient (Wildman–Crippen LogP) is 5.87. The van der Waals surface area contributed by atoms with Crippen molar-refractivity contribution in [1.29, 1.82) is 5.26 Å². The first-order valence-electron chi connectivity index (χ1n) is 12.0. The molecule has 11 heteroatoms. The van der Waals surface area contributed by atoms with Gasteiger partial charge in [-0.05, 0) is 36.2 Å². The molecule has 39 heavy (non-hydrogen) atoms. The molecule has 0 bridgehead atoms. The van der Waals surface area contributed by atoms with Gasteiger partial charge in [-0.1, -0.05) is 37.1 Å². The standard InChI is InChI=1S/C28H24ClN3O7/c1-3-4-11-37-23-10-5-16(12-25(23)36-2)26-19-8-7-18(14-24(19)39-27(31)21(26)15-30)38-28(33)20-13-17(32(34)35)6-9-22(20)29/h5-10,12-14,26H,3-4,11,31H2,1-2H3. The van der Waals surface area contributed by atoms with Crippen molar-refractivity contribution in [3.05, 3.63) is 97.9 Å². The number of hydrogen-bond donors (Lipinski definition) is 1. The summed E-state index contributed by atoms with van der Waals surface area (Å²) in [6.45, 7) is 2.62. The van der Waals surface area contributed by atoms with Crippen molar-refractivity contribution >= 4 is 23.3 Å². The third-order valence-electron chi connectivity index (χ3n) is 6.06. The molecule has 1 aliphatic rings. The number of methoxy groups -OCH3 is 1. The molecular formula is C28H24ClN3O7. The number of nitrogens with two attached hydrogens (primary N) is 1. The van der Waals surface area contributed by atoms with Gasteiger partial charge in [0.1, 0.15) is 23.1 Å². The number of nitriles is 1. The number of halogens is 1. The number of benzene rings is 3. The Balaban J connectivity index is 1.67. The first-order valence-corrected chi connectivity index (χ1v) is 12.3. The number of nitrogens with zero attached hydrogens (tertiary/aromatic N) is 2. The van der Waals surface area contributed by atoms with Crippen LogP contribution in [-0.4, -0.2) is 24.6 Å². The fourth-order valence-electron chi connectivity index (χ4n) is 4.10. The lowest BCUT2D eigenvalue weighted by atomic mass is 9.83. The van der Waals surface area contributed by atoms with Crippen molar-refractivity contribution in [2.24, 2.45) is 5.73 Å². The largest absolute Gasteiger partial charge is 0.493 e. The van der Waals surface area contributed by atoms with Crippen LogP contribution in [0.3, 0.4) is 0 Å². The van der Waals surface area contributed by atoms with Crippen molar-refractivity contribution in [3.63, 3.8) is 0 Å². The molecule has 4 rings (SSSR count). The summed E-state index contributed by atoms with van der Waals surface area (Å²) in [6, 6.07) is 15.6. The van der Waals surface area contributed by atoms with Gasteiger partial charge in [0, 0.05) is 23.8 Å². The molecule has 10 nitrogen and oxygen atoms in total. The van der Waals surface area contributed by atoms with E-state index in [1.165, 1.54) is 31.4 Å². The fraction of sp³-hybridized carbons (Fsp3) is 0.214. The van der Waals surface area contributed by atoms with Gasteiger partial charge in [-0.15, -0.1) is 0 Å². The van der Waals surface area contributed by atoms with Crippen LogP contribution in [0.5, 0.6) is 23.0 Å². The summed E-state index contributed by atoms with van der Waals surface area (Å²) in [6.07, 6.45) is 1.89. The Morgan fingerprint density at radius 2 is 1.97 bits per heavy atom. The maximum absolute atomic E-state index is 12.8. The summed E-state index contributed by atoms with van der Waals surface area (Å²) in [4.78, 5) is 23.2. The van der Waals surface area contributed by atoms with Gasteiger partial charge in [-0.2, -0.15) is 5.26 Å². The van der Waals surface area contributed by atoms with Crippen LogP contribution in [0.4, 0.5) is 5.69 Å². The molecule has 0 saturated heterocycles. The van der Waals surface area contributed by atoms with Crippen molar-refractivity contribution in [2.45, 2.75) is 25.7 Å². The molecular weight excluding hydrogens is 526 g/mol. The number of nitro benzene ring substituents is 1. The van der Waals surface area contributed by atoms with Crippen LogP contribution in [-0.2, 0) is 0 Å². The fourth-order valence-corrected chi connectivity index (χ4v) is 4.29. The van der Waals surface area contributed by atoms with Crippen molar-refractivity contribution in [1.82, 2.24) is 0 Å². The lowest BCUT2D eigenvalue weighted by Crippen LogP contribution is -2.21. The maximum Gasteiger partial charge on any atom is 0.345 e. The molecule has 1 atom stereocenters. The Morgan fingerprint density at radius 1 is 1.18 bits per heavy atom. The molecule has 1 unspecified atom stereocenters. The average Bonchev–Trinajstić information content (AvgIpc) is 2.92. The van der Waals surface area contributed by atoms with Crippen LogP contribution in [0.25, 0.3) is 0 Å². The molecule has 0 spiro atoms. The molecule has 1 aliphatic heterocycles. The van der Waals surface area contributed by atoms with Gasteiger partial charge in [0.2, 0.25) is 5.88 Å². The molecule has 0 radical (unpaired) electrons. The zero-order valence-electron chi connectivity index (χ0n) is 21.1. The van der Waals surface area contributed by atoms with Gasteiger partial charge in [0.25, 0.3) is 5.69 Å². The van der Waals surface area contributed by atoms with Crippen LogP contribution in [0.1, 0.15) is 47.2 Å². The summed E-state index contributed by atoms with van der Waals surface area (Å²) in [7, 11) is 1.54. The summed E-state index contributed by atoms with van der Waals surface area (Å²) in [5.74, 6) is -0.123. The maximum atomic E-state index is 12.8. The van der Waals surface area contributed by atoms with Crippen LogP contribution in [0.2, 0.25) is 5.02 Å². The highest BCUT2D eigenvalue weighted by molar-refractivity contribution is 6.33. The highest BCUT2D eigenvalue weighted by Gasteiger charge is 2.32. The summed E-state index contributed by atoms with van der Waals surface area (Å²) >= 11 is 6.07. The highest BCUT2D eigenvalue weighted by atomic mass is 35.5. The summed E-state index contributed by atoms with van der Waals surface area (Å²) < 4.78 is 22.5. The number of rotatable bonds is 9. The van der Waals surface area contributed by atoms with Gasteiger partial charge in [-0.3, -0.25) is 10.1 Å². The Labute approximate surface area is 229 Å². The summed E-state index contributed by atoms with van der Waals surface area (Å²) in [5, 5.41) is 21.0. The van der Waals surface area contributed by atoms with Gasteiger partial charge in [0.15, 0.2) is 11.5 Å². The number of ether oxygens (including phenoxy) is 4. The van der Waals surface area contributed by atoms with Crippen molar-refractivity contribution in [3.8, 4) is 29.1 Å². The quantitative estimate of drug-likeness (QED) is 0.114. The van der Waals surface area contributed by atoms with Gasteiger partial charge < -0.3 is 24.7 Å². The van der Waals surface area contributed by atoms with Crippen molar-refractivity contribution in [2.75, 3.05) is 13.7 Å². The molecule has 0 aromatic heterocycles. The second kappa shape index (κ2) is 11.8. The van der Waals surface area contributed by atoms with Crippen LogP contribution in [0, 0.1) is 21.4 Å². The van der Waals surface area contributed by atoms with E-state index in [4.69, 9.17) is 36.3 Å². The Kier molecular flexibility index (Phi) is 8.22. The minimum Gasteiger partial charge on any atom is -0.493 e. The molecule has 0 aliphatic carbocycles. The van der Waals surface area contributed by atoms with Crippen LogP contribution in [0.15, 0.2) is 66.1 Å². The lowest BCUT2D eigenvalue weighted by molar-refractivity contribution is -0.384. The highest BCUT2D eigenvalue weighted by Crippen LogP contribution is 2.45. The van der Waals surface area contributed by atoms with Crippen molar-refractivity contribution < 1.29 is 28.7 Å². The third-order valence-corrected chi connectivity index (χ3v) is 6.39. The summed E-state index contributed by atoms with van der Waals surface area (Å²) in [5.41, 5.74) is 7.17. The number of carbonyl (C=O) groups excluding carboxylic acids is 1. The Morgan fingerprint density at radius 3 is 2.67 bits per heavy atom. The van der Waals surface area contributed by atoms with E-state index in [2.05, 4.69) is 13.0 Å². The zero-order valence-corrected chi connectivity index (χ0v) is 21.9. The van der Waals surface area contributed by atoms with E-state index in [-0.39, 0.29) is 39.2 Å². The first-order chi connectivity index (χ1) is 18.8. The zero-order chi connectivity index (χ0) is 28.1. The SMILES string of the molecule is CCCCOc1ccc(C2C(C#N)=C(N)Oc3cc(OC(=O)c4cc([N+](=O)[O-])ccc4Cl)ccc32)cc1OC. The molecule has 3 aromatic rings. The first kappa shape index (κ1) is 27.3. The number of allylic oxidation sites excluding steroid dienone is 1. The van der Waals surface area contributed by atoms with Crippen LogP contribution < -0.4 is 24.7 Å². The molecule has 0 amide bonds. The molecule has 0 fully saturated rings.